The number of hydrogen-bond acceptors (Lipinski definition) is 5. The molecule has 27 heavy (non-hydrogen) atoms. The van der Waals surface area contributed by atoms with Crippen molar-refractivity contribution in [3.63, 3.8) is 0 Å². The average Bonchev–Trinajstić information content (AvgIpc) is 3.47. The smallest absolute Gasteiger partial charge is 0.253 e. The van der Waals surface area contributed by atoms with Crippen molar-refractivity contribution in [3.05, 3.63) is 23.9 Å². The molecule has 7 heteroatoms. The Labute approximate surface area is 160 Å². The monoisotopic (exact) mass is 372 g/mol. The highest BCUT2D eigenvalue weighted by Crippen LogP contribution is 2.53. The van der Waals surface area contributed by atoms with E-state index in [1.807, 2.05) is 11.0 Å². The van der Waals surface area contributed by atoms with E-state index >= 15 is 0 Å². The molecule has 2 aliphatic heterocycles. The van der Waals surface area contributed by atoms with Crippen LogP contribution in [0.25, 0.3) is 0 Å². The number of amides is 2. The lowest BCUT2D eigenvalue weighted by Gasteiger charge is -2.33. The zero-order valence-electron chi connectivity index (χ0n) is 15.9. The molecule has 0 unspecified atom stereocenters. The van der Waals surface area contributed by atoms with Crippen molar-refractivity contribution in [1.29, 1.82) is 0 Å². The summed E-state index contributed by atoms with van der Waals surface area (Å²) >= 11 is 0. The Bertz CT molecular complexity index is 686. The molecule has 3 fully saturated rings. The van der Waals surface area contributed by atoms with Gasteiger partial charge in [0.1, 0.15) is 11.9 Å². The summed E-state index contributed by atoms with van der Waals surface area (Å²) in [7, 11) is 0. The van der Waals surface area contributed by atoms with Gasteiger partial charge in [-0.1, -0.05) is 0 Å². The average molecular weight is 372 g/mol. The van der Waals surface area contributed by atoms with Crippen LogP contribution in [-0.4, -0.2) is 67.1 Å². The number of pyridine rings is 1. The molecule has 0 aromatic carbocycles. The number of carbonyl (C=O) groups excluding carboxylic acids is 2. The summed E-state index contributed by atoms with van der Waals surface area (Å²) < 4.78 is 5.34. The number of aromatic nitrogens is 1. The van der Waals surface area contributed by atoms with E-state index in [9.17, 15) is 9.59 Å². The van der Waals surface area contributed by atoms with Gasteiger partial charge >= 0.3 is 0 Å². The second kappa shape index (κ2) is 7.46. The Kier molecular flexibility index (Phi) is 5.04. The van der Waals surface area contributed by atoms with Gasteiger partial charge in [-0.2, -0.15) is 0 Å². The number of piperidine rings is 1. The van der Waals surface area contributed by atoms with Crippen molar-refractivity contribution >= 4 is 17.6 Å². The second-order valence-corrected chi connectivity index (χ2v) is 8.02. The fourth-order valence-electron chi connectivity index (χ4n) is 3.99. The minimum Gasteiger partial charge on any atom is -0.378 e. The third-order valence-electron chi connectivity index (χ3n) is 6.16. The molecule has 2 saturated heterocycles. The number of likely N-dealkylation sites (tertiary alicyclic amines) is 1. The fourth-order valence-corrected chi connectivity index (χ4v) is 3.99. The Morgan fingerprint density at radius 2 is 1.81 bits per heavy atom. The van der Waals surface area contributed by atoms with Crippen LogP contribution in [-0.2, 0) is 9.53 Å². The first-order chi connectivity index (χ1) is 13.1. The maximum absolute atomic E-state index is 12.6. The van der Waals surface area contributed by atoms with Gasteiger partial charge in [0.05, 0.1) is 18.8 Å². The van der Waals surface area contributed by atoms with Gasteiger partial charge in [0.15, 0.2) is 0 Å². The molecule has 7 nitrogen and oxygen atoms in total. The van der Waals surface area contributed by atoms with Crippen LogP contribution in [0, 0.1) is 5.41 Å². The van der Waals surface area contributed by atoms with E-state index in [-0.39, 0.29) is 11.8 Å². The van der Waals surface area contributed by atoms with Crippen LogP contribution in [0.1, 0.15) is 43.0 Å². The van der Waals surface area contributed by atoms with Crippen molar-refractivity contribution in [1.82, 2.24) is 15.2 Å². The zero-order chi connectivity index (χ0) is 18.9. The van der Waals surface area contributed by atoms with Crippen LogP contribution >= 0.6 is 0 Å². The molecule has 3 aliphatic rings. The Hall–Kier alpha value is -2.15. The summed E-state index contributed by atoms with van der Waals surface area (Å²) in [5.74, 6) is 0.602. The molecular formula is C20H28N4O3. The number of carbonyl (C=O) groups is 2. The largest absolute Gasteiger partial charge is 0.378 e. The highest BCUT2D eigenvalue weighted by atomic mass is 16.5. The van der Waals surface area contributed by atoms with Gasteiger partial charge in [-0.25, -0.2) is 4.98 Å². The van der Waals surface area contributed by atoms with Crippen molar-refractivity contribution < 1.29 is 14.3 Å². The minimum atomic E-state index is -0.523. The van der Waals surface area contributed by atoms with Crippen LogP contribution in [0.2, 0.25) is 0 Å². The number of nitrogens with one attached hydrogen (secondary N) is 1. The molecule has 1 aromatic heterocycles. The second-order valence-electron chi connectivity index (χ2n) is 8.02. The number of anilines is 1. The summed E-state index contributed by atoms with van der Waals surface area (Å²) in [6.07, 6.45) is 6.41. The first kappa shape index (κ1) is 18.2. The summed E-state index contributed by atoms with van der Waals surface area (Å²) in [6, 6.07) is 3.10. The normalized spacial score (nSPS) is 22.4. The number of hydrogen-bond donors (Lipinski definition) is 1. The van der Waals surface area contributed by atoms with Crippen LogP contribution in [0.3, 0.4) is 0 Å². The van der Waals surface area contributed by atoms with Crippen molar-refractivity contribution in [2.24, 2.45) is 5.41 Å². The molecule has 4 rings (SSSR count). The molecule has 1 aromatic rings. The Balaban J connectivity index is 1.30. The highest BCUT2D eigenvalue weighted by molar-refractivity contribution is 5.97. The molecule has 1 atom stereocenters. The first-order valence-corrected chi connectivity index (χ1v) is 9.95. The Morgan fingerprint density at radius 3 is 2.41 bits per heavy atom. The van der Waals surface area contributed by atoms with Crippen molar-refractivity contribution in [3.8, 4) is 0 Å². The molecule has 1 N–H and O–H groups in total. The van der Waals surface area contributed by atoms with Crippen LogP contribution in [0.4, 0.5) is 5.82 Å². The summed E-state index contributed by atoms with van der Waals surface area (Å²) in [5, 5.41) is 2.82. The molecule has 1 aliphatic carbocycles. The zero-order valence-corrected chi connectivity index (χ0v) is 15.9. The van der Waals surface area contributed by atoms with Gasteiger partial charge in [-0.3, -0.25) is 9.59 Å². The van der Waals surface area contributed by atoms with Crippen molar-refractivity contribution in [2.75, 3.05) is 44.3 Å². The number of ether oxygens (including phenoxy) is 1. The molecule has 0 bridgehead atoms. The maximum atomic E-state index is 12.6. The lowest BCUT2D eigenvalue weighted by molar-refractivity contribution is -0.134. The lowest BCUT2D eigenvalue weighted by Crippen LogP contribution is -2.49. The molecular weight excluding hydrogens is 344 g/mol. The van der Waals surface area contributed by atoms with Crippen molar-refractivity contribution in [2.45, 2.75) is 38.6 Å². The topological polar surface area (TPSA) is 74.8 Å². The third-order valence-corrected chi connectivity index (χ3v) is 6.16. The van der Waals surface area contributed by atoms with E-state index in [2.05, 4.69) is 15.2 Å². The number of rotatable bonds is 4. The predicted molar refractivity (Wildman–Crippen MR) is 102 cm³/mol. The molecule has 1 spiro atoms. The summed E-state index contributed by atoms with van der Waals surface area (Å²) in [4.78, 5) is 33.6. The van der Waals surface area contributed by atoms with E-state index < -0.39 is 6.04 Å². The van der Waals surface area contributed by atoms with E-state index in [4.69, 9.17) is 4.74 Å². The van der Waals surface area contributed by atoms with E-state index in [0.29, 0.717) is 24.2 Å². The molecule has 1 saturated carbocycles. The standard InChI is InChI=1S/C20H28N4O3/c1-15(19(26)24-8-6-20(4-5-20)7-9-24)22-18(25)16-2-3-17(21-14-16)23-10-12-27-13-11-23/h2-3,14-15H,4-13H2,1H3,(H,22,25)/t15-/m1/s1. The molecule has 2 amide bonds. The predicted octanol–water partition coefficient (Wildman–Crippen LogP) is 1.44. The number of nitrogens with zero attached hydrogens (tertiary/aromatic N) is 3. The SMILES string of the molecule is C[C@@H](NC(=O)c1ccc(N2CCOCC2)nc1)C(=O)N1CCC2(CC1)CC2. The van der Waals surface area contributed by atoms with Gasteiger partial charge in [0.2, 0.25) is 5.91 Å². The van der Waals surface area contributed by atoms with Gasteiger partial charge in [0, 0.05) is 32.4 Å². The van der Waals surface area contributed by atoms with Crippen LogP contribution in [0.5, 0.6) is 0 Å². The van der Waals surface area contributed by atoms with Gasteiger partial charge < -0.3 is 19.9 Å². The third kappa shape index (κ3) is 4.08. The van der Waals surface area contributed by atoms with E-state index in [0.717, 1.165) is 44.8 Å². The minimum absolute atomic E-state index is 0.0109. The van der Waals surface area contributed by atoms with Crippen LogP contribution in [0.15, 0.2) is 18.3 Å². The first-order valence-electron chi connectivity index (χ1n) is 9.95. The quantitative estimate of drug-likeness (QED) is 0.866. The molecule has 0 radical (unpaired) electrons. The summed E-state index contributed by atoms with van der Waals surface area (Å²) in [6.45, 7) is 6.39. The van der Waals surface area contributed by atoms with Gasteiger partial charge in [0.25, 0.3) is 5.91 Å². The lowest BCUT2D eigenvalue weighted by atomic mass is 9.93. The highest BCUT2D eigenvalue weighted by Gasteiger charge is 2.45. The van der Waals surface area contributed by atoms with E-state index in [1.165, 1.54) is 12.8 Å². The fraction of sp³-hybridized carbons (Fsp3) is 0.650. The summed E-state index contributed by atoms with van der Waals surface area (Å²) in [5.41, 5.74) is 1.01. The Morgan fingerprint density at radius 1 is 1.11 bits per heavy atom. The van der Waals surface area contributed by atoms with E-state index in [1.54, 1.807) is 19.2 Å². The number of morpholine rings is 1. The van der Waals surface area contributed by atoms with Gasteiger partial charge in [-0.15, -0.1) is 0 Å². The molecule has 146 valence electrons. The maximum Gasteiger partial charge on any atom is 0.253 e. The molecule has 3 heterocycles. The van der Waals surface area contributed by atoms with Gasteiger partial charge in [-0.05, 0) is 50.2 Å². The van der Waals surface area contributed by atoms with Crippen LogP contribution < -0.4 is 10.2 Å².